The molecule has 1 saturated heterocycles. The summed E-state index contributed by atoms with van der Waals surface area (Å²) < 4.78 is 0. The SMILES string of the molecule is CCCCNC(=O)CN1C(=O)N[C@@](C)(c2ccc(Cl)c(Cl)c2)C1=O. The minimum atomic E-state index is -1.28. The van der Waals surface area contributed by atoms with Crippen molar-refractivity contribution in [3.05, 3.63) is 33.8 Å². The third kappa shape index (κ3) is 3.65. The monoisotopic (exact) mass is 371 g/mol. The fourth-order valence-corrected chi connectivity index (χ4v) is 2.75. The lowest BCUT2D eigenvalue weighted by atomic mass is 9.92. The van der Waals surface area contributed by atoms with Crippen molar-refractivity contribution >= 4 is 41.0 Å². The van der Waals surface area contributed by atoms with Crippen LogP contribution in [0.5, 0.6) is 0 Å². The summed E-state index contributed by atoms with van der Waals surface area (Å²) in [4.78, 5) is 37.6. The van der Waals surface area contributed by atoms with Crippen molar-refractivity contribution < 1.29 is 14.4 Å². The molecule has 2 rings (SSSR count). The molecule has 0 spiro atoms. The van der Waals surface area contributed by atoms with Crippen LogP contribution in [0.1, 0.15) is 32.3 Å². The van der Waals surface area contributed by atoms with E-state index in [1.807, 2.05) is 6.92 Å². The average molecular weight is 372 g/mol. The number of benzene rings is 1. The molecular formula is C16H19Cl2N3O3. The van der Waals surface area contributed by atoms with Gasteiger partial charge in [-0.05, 0) is 31.0 Å². The predicted molar refractivity (Wildman–Crippen MR) is 92.0 cm³/mol. The Morgan fingerprint density at radius 3 is 2.62 bits per heavy atom. The van der Waals surface area contributed by atoms with Gasteiger partial charge in [-0.3, -0.25) is 14.5 Å². The molecule has 8 heteroatoms. The minimum Gasteiger partial charge on any atom is -0.355 e. The van der Waals surface area contributed by atoms with Crippen LogP contribution in [-0.2, 0) is 15.1 Å². The van der Waals surface area contributed by atoms with Crippen molar-refractivity contribution in [3.63, 3.8) is 0 Å². The zero-order valence-electron chi connectivity index (χ0n) is 13.5. The van der Waals surface area contributed by atoms with Gasteiger partial charge in [-0.2, -0.15) is 0 Å². The average Bonchev–Trinajstić information content (AvgIpc) is 2.74. The first-order valence-corrected chi connectivity index (χ1v) is 8.41. The molecule has 1 aliphatic rings. The molecule has 1 aromatic carbocycles. The molecule has 0 aromatic heterocycles. The van der Waals surface area contributed by atoms with Gasteiger partial charge in [-0.25, -0.2) is 4.79 Å². The Hall–Kier alpha value is -1.79. The smallest absolute Gasteiger partial charge is 0.325 e. The van der Waals surface area contributed by atoms with E-state index in [1.165, 1.54) is 6.07 Å². The number of carbonyl (C=O) groups is 3. The van der Waals surface area contributed by atoms with Gasteiger partial charge in [0.05, 0.1) is 10.0 Å². The van der Waals surface area contributed by atoms with Gasteiger partial charge in [0.15, 0.2) is 0 Å². The molecule has 1 heterocycles. The third-order valence-electron chi connectivity index (χ3n) is 3.93. The van der Waals surface area contributed by atoms with Crippen molar-refractivity contribution in [1.82, 2.24) is 15.5 Å². The number of halogens is 2. The van der Waals surface area contributed by atoms with Gasteiger partial charge < -0.3 is 10.6 Å². The Bertz CT molecular complexity index is 681. The Morgan fingerprint density at radius 1 is 1.29 bits per heavy atom. The van der Waals surface area contributed by atoms with Gasteiger partial charge in [-0.1, -0.05) is 42.6 Å². The number of nitrogens with zero attached hydrogens (tertiary/aromatic N) is 1. The van der Waals surface area contributed by atoms with E-state index in [-0.39, 0.29) is 17.5 Å². The number of amides is 4. The highest BCUT2D eigenvalue weighted by Gasteiger charge is 2.49. The number of hydrogen-bond acceptors (Lipinski definition) is 3. The van der Waals surface area contributed by atoms with Crippen LogP contribution in [0.15, 0.2) is 18.2 Å². The lowest BCUT2D eigenvalue weighted by Crippen LogP contribution is -2.43. The maximum absolute atomic E-state index is 12.7. The van der Waals surface area contributed by atoms with Crippen LogP contribution in [0.4, 0.5) is 4.79 Å². The molecule has 0 saturated carbocycles. The lowest BCUT2D eigenvalue weighted by molar-refractivity contribution is -0.134. The van der Waals surface area contributed by atoms with E-state index in [2.05, 4.69) is 10.6 Å². The molecule has 1 aromatic rings. The summed E-state index contributed by atoms with van der Waals surface area (Å²) in [5, 5.41) is 5.95. The van der Waals surface area contributed by atoms with E-state index >= 15 is 0 Å². The Kier molecular flexibility index (Phi) is 5.72. The van der Waals surface area contributed by atoms with E-state index in [0.29, 0.717) is 17.1 Å². The highest BCUT2D eigenvalue weighted by Crippen LogP contribution is 2.32. The van der Waals surface area contributed by atoms with E-state index in [4.69, 9.17) is 23.2 Å². The molecule has 1 fully saturated rings. The van der Waals surface area contributed by atoms with Crippen molar-refractivity contribution in [2.24, 2.45) is 0 Å². The summed E-state index contributed by atoms with van der Waals surface area (Å²) in [6.07, 6.45) is 1.78. The molecule has 1 aliphatic heterocycles. The Balaban J connectivity index is 2.15. The van der Waals surface area contributed by atoms with Crippen LogP contribution in [0.2, 0.25) is 10.0 Å². The molecule has 0 radical (unpaired) electrons. The van der Waals surface area contributed by atoms with Crippen LogP contribution in [0.3, 0.4) is 0 Å². The molecule has 0 bridgehead atoms. The highest BCUT2D eigenvalue weighted by atomic mass is 35.5. The number of imide groups is 1. The maximum atomic E-state index is 12.7. The molecule has 6 nitrogen and oxygen atoms in total. The topological polar surface area (TPSA) is 78.5 Å². The zero-order chi connectivity index (χ0) is 17.9. The molecule has 4 amide bonds. The molecule has 2 N–H and O–H groups in total. The largest absolute Gasteiger partial charge is 0.355 e. The summed E-state index contributed by atoms with van der Waals surface area (Å²) in [7, 11) is 0. The van der Waals surface area contributed by atoms with Gasteiger partial charge >= 0.3 is 6.03 Å². The number of unbranched alkanes of at least 4 members (excludes halogenated alkanes) is 1. The molecule has 1 atom stereocenters. The number of nitrogens with one attached hydrogen (secondary N) is 2. The summed E-state index contributed by atoms with van der Waals surface area (Å²) in [5.74, 6) is -0.873. The summed E-state index contributed by atoms with van der Waals surface area (Å²) >= 11 is 11.9. The Labute approximate surface area is 150 Å². The minimum absolute atomic E-state index is 0.285. The van der Waals surface area contributed by atoms with E-state index in [0.717, 1.165) is 17.7 Å². The number of hydrogen-bond donors (Lipinski definition) is 2. The summed E-state index contributed by atoms with van der Waals surface area (Å²) in [6, 6.07) is 4.10. The van der Waals surface area contributed by atoms with Crippen LogP contribution in [0.25, 0.3) is 0 Å². The van der Waals surface area contributed by atoms with Gasteiger partial charge in [0, 0.05) is 6.54 Å². The first-order chi connectivity index (χ1) is 11.3. The molecule has 0 unspecified atom stereocenters. The van der Waals surface area contributed by atoms with Crippen molar-refractivity contribution in [2.75, 3.05) is 13.1 Å². The normalized spacial score (nSPS) is 20.2. The van der Waals surface area contributed by atoms with Crippen LogP contribution < -0.4 is 10.6 Å². The fourth-order valence-electron chi connectivity index (χ4n) is 2.45. The second-order valence-electron chi connectivity index (χ2n) is 5.78. The standard InChI is InChI=1S/C16H19Cl2N3O3/c1-3-4-7-19-13(22)9-21-14(23)16(2,20-15(21)24)10-5-6-11(17)12(18)8-10/h5-6,8H,3-4,7,9H2,1-2H3,(H,19,22)(H,20,24)/t16-/m0/s1. The predicted octanol–water partition coefficient (Wildman–Crippen LogP) is 2.68. The number of urea groups is 1. The summed E-state index contributed by atoms with van der Waals surface area (Å²) in [5.41, 5.74) is -0.779. The summed E-state index contributed by atoms with van der Waals surface area (Å²) in [6.45, 7) is 3.78. The van der Waals surface area contributed by atoms with Gasteiger partial charge in [-0.15, -0.1) is 0 Å². The first-order valence-electron chi connectivity index (χ1n) is 7.66. The van der Waals surface area contributed by atoms with E-state index < -0.39 is 17.5 Å². The van der Waals surface area contributed by atoms with Crippen LogP contribution >= 0.6 is 23.2 Å². The molecule has 0 aliphatic carbocycles. The number of carbonyl (C=O) groups excluding carboxylic acids is 3. The quantitative estimate of drug-likeness (QED) is 0.595. The Morgan fingerprint density at radius 2 is 2.00 bits per heavy atom. The first kappa shape index (κ1) is 18.5. The molecular weight excluding hydrogens is 353 g/mol. The van der Waals surface area contributed by atoms with E-state index in [1.54, 1.807) is 19.1 Å². The van der Waals surface area contributed by atoms with Gasteiger partial charge in [0.2, 0.25) is 5.91 Å². The van der Waals surface area contributed by atoms with Gasteiger partial charge in [0.25, 0.3) is 5.91 Å². The van der Waals surface area contributed by atoms with Crippen molar-refractivity contribution in [1.29, 1.82) is 0 Å². The van der Waals surface area contributed by atoms with Crippen molar-refractivity contribution in [2.45, 2.75) is 32.2 Å². The lowest BCUT2D eigenvalue weighted by Gasteiger charge is -2.22. The van der Waals surface area contributed by atoms with Crippen LogP contribution in [-0.4, -0.2) is 35.8 Å². The fraction of sp³-hybridized carbons (Fsp3) is 0.438. The highest BCUT2D eigenvalue weighted by molar-refractivity contribution is 6.42. The maximum Gasteiger partial charge on any atom is 0.325 e. The third-order valence-corrected chi connectivity index (χ3v) is 4.67. The van der Waals surface area contributed by atoms with Crippen molar-refractivity contribution in [3.8, 4) is 0 Å². The van der Waals surface area contributed by atoms with Crippen LogP contribution in [0, 0.1) is 0 Å². The number of rotatable bonds is 6. The van der Waals surface area contributed by atoms with E-state index in [9.17, 15) is 14.4 Å². The zero-order valence-corrected chi connectivity index (χ0v) is 15.0. The second kappa shape index (κ2) is 7.40. The second-order valence-corrected chi connectivity index (χ2v) is 6.59. The molecule has 130 valence electrons. The van der Waals surface area contributed by atoms with Gasteiger partial charge in [0.1, 0.15) is 12.1 Å². The molecule has 24 heavy (non-hydrogen) atoms.